The maximum Gasteiger partial charge on any atom is 0.250 e. The molecule has 0 aliphatic heterocycles. The fourth-order valence-electron chi connectivity index (χ4n) is 3.66. The monoisotopic (exact) mass is 444 g/mol. The van der Waals surface area contributed by atoms with Gasteiger partial charge in [-0.15, -0.1) is 0 Å². The highest BCUT2D eigenvalue weighted by Gasteiger charge is 2.40. The summed E-state index contributed by atoms with van der Waals surface area (Å²) in [5.74, 6) is -0.319. The molecule has 0 aliphatic carbocycles. The lowest BCUT2D eigenvalue weighted by atomic mass is 9.93. The van der Waals surface area contributed by atoms with E-state index in [0.29, 0.717) is 18.7 Å². The molecular formula is C27H32N4O2. The third-order valence-corrected chi connectivity index (χ3v) is 5.98. The van der Waals surface area contributed by atoms with Crippen LogP contribution in [0.1, 0.15) is 31.4 Å². The van der Waals surface area contributed by atoms with Crippen LogP contribution in [-0.2, 0) is 22.6 Å². The number of benzene rings is 2. The number of nitrogens with one attached hydrogen (secondary N) is 1. The number of aromatic nitrogens is 1. The average Bonchev–Trinajstić information content (AvgIpc) is 2.83. The zero-order chi connectivity index (χ0) is 23.8. The summed E-state index contributed by atoms with van der Waals surface area (Å²) in [6.07, 6.45) is 4.12. The van der Waals surface area contributed by atoms with Crippen molar-refractivity contribution in [2.75, 3.05) is 24.3 Å². The van der Waals surface area contributed by atoms with Crippen molar-refractivity contribution in [2.24, 2.45) is 0 Å². The molecule has 3 rings (SSSR count). The van der Waals surface area contributed by atoms with Gasteiger partial charge in [0.1, 0.15) is 5.54 Å². The highest BCUT2D eigenvalue weighted by molar-refractivity contribution is 6.00. The lowest BCUT2D eigenvalue weighted by Gasteiger charge is -2.40. The van der Waals surface area contributed by atoms with Gasteiger partial charge in [-0.3, -0.25) is 14.6 Å². The van der Waals surface area contributed by atoms with Crippen molar-refractivity contribution in [1.82, 2.24) is 9.88 Å². The summed E-state index contributed by atoms with van der Waals surface area (Å²) >= 11 is 0. The normalized spacial score (nSPS) is 12.5. The topological polar surface area (TPSA) is 65.5 Å². The summed E-state index contributed by atoms with van der Waals surface area (Å²) in [4.78, 5) is 34.9. The number of hydrogen-bond acceptors (Lipinski definition) is 4. The first-order valence-corrected chi connectivity index (χ1v) is 11.2. The maximum absolute atomic E-state index is 13.5. The highest BCUT2D eigenvalue weighted by atomic mass is 16.2. The minimum atomic E-state index is -1.04. The van der Waals surface area contributed by atoms with Crippen molar-refractivity contribution in [3.63, 3.8) is 0 Å². The first-order chi connectivity index (χ1) is 15.8. The number of pyridine rings is 1. The average molecular weight is 445 g/mol. The molecule has 172 valence electrons. The van der Waals surface area contributed by atoms with Gasteiger partial charge >= 0.3 is 0 Å². The van der Waals surface area contributed by atoms with Crippen LogP contribution in [0.15, 0.2) is 79.1 Å². The van der Waals surface area contributed by atoms with Crippen LogP contribution < -0.4 is 10.2 Å². The molecule has 1 atom stereocenters. The third-order valence-electron chi connectivity index (χ3n) is 5.98. The lowest BCUT2D eigenvalue weighted by Crippen LogP contribution is -2.56. The molecule has 3 aromatic rings. The second-order valence-corrected chi connectivity index (χ2v) is 8.53. The van der Waals surface area contributed by atoms with Crippen molar-refractivity contribution in [2.45, 2.75) is 38.8 Å². The number of carbonyl (C=O) groups excluding carboxylic acids is 2. The molecule has 6 nitrogen and oxygen atoms in total. The maximum atomic E-state index is 13.5. The molecule has 1 N–H and O–H groups in total. The van der Waals surface area contributed by atoms with E-state index in [2.05, 4.69) is 10.3 Å². The summed E-state index contributed by atoms with van der Waals surface area (Å²) in [6.45, 7) is 4.06. The predicted molar refractivity (Wildman–Crippen MR) is 133 cm³/mol. The van der Waals surface area contributed by atoms with E-state index in [1.54, 1.807) is 17.3 Å². The fraction of sp³-hybridized carbons (Fsp3) is 0.296. The van der Waals surface area contributed by atoms with Gasteiger partial charge in [-0.1, -0.05) is 43.3 Å². The van der Waals surface area contributed by atoms with Gasteiger partial charge in [0.25, 0.3) is 0 Å². The molecule has 0 saturated carbocycles. The summed E-state index contributed by atoms with van der Waals surface area (Å²) in [5, 5.41) is 3.02. The minimum Gasteiger partial charge on any atom is -0.378 e. The van der Waals surface area contributed by atoms with Gasteiger partial charge < -0.3 is 15.1 Å². The Kier molecular flexibility index (Phi) is 7.83. The summed E-state index contributed by atoms with van der Waals surface area (Å²) in [7, 11) is 3.94. The van der Waals surface area contributed by atoms with Crippen molar-refractivity contribution in [3.05, 3.63) is 90.3 Å². The van der Waals surface area contributed by atoms with Gasteiger partial charge in [0.05, 0.1) is 6.42 Å². The van der Waals surface area contributed by atoms with E-state index in [1.165, 1.54) is 0 Å². The van der Waals surface area contributed by atoms with Crippen LogP contribution in [0.4, 0.5) is 11.4 Å². The molecule has 2 aromatic carbocycles. The van der Waals surface area contributed by atoms with Gasteiger partial charge in [-0.25, -0.2) is 0 Å². The zero-order valence-electron chi connectivity index (χ0n) is 19.8. The van der Waals surface area contributed by atoms with Gasteiger partial charge in [-0.05, 0) is 54.8 Å². The number of nitrogens with zero attached hydrogens (tertiary/aromatic N) is 3. The molecule has 1 unspecified atom stereocenters. The van der Waals surface area contributed by atoms with E-state index in [0.717, 1.165) is 16.8 Å². The number of anilines is 2. The fourth-order valence-corrected chi connectivity index (χ4v) is 3.66. The molecule has 0 aliphatic rings. The molecule has 1 heterocycles. The minimum absolute atomic E-state index is 0.104. The molecule has 0 bridgehead atoms. The number of amides is 2. The first-order valence-electron chi connectivity index (χ1n) is 11.2. The molecule has 6 heteroatoms. The second-order valence-electron chi connectivity index (χ2n) is 8.53. The zero-order valence-corrected chi connectivity index (χ0v) is 19.8. The molecule has 0 fully saturated rings. The third kappa shape index (κ3) is 5.98. The quantitative estimate of drug-likeness (QED) is 0.527. The Morgan fingerprint density at radius 3 is 2.18 bits per heavy atom. The first kappa shape index (κ1) is 24.0. The van der Waals surface area contributed by atoms with Gasteiger partial charge in [0.2, 0.25) is 11.8 Å². The van der Waals surface area contributed by atoms with Gasteiger partial charge in [0.15, 0.2) is 0 Å². The Bertz CT molecular complexity index is 1050. The summed E-state index contributed by atoms with van der Waals surface area (Å²) in [6, 6.07) is 21.0. The molecule has 0 spiro atoms. The SMILES string of the molecule is CCC(C)(C(=O)Nc1ccc(N(C)C)cc1)N(Cc1cccnc1)C(=O)Cc1ccccc1. The van der Waals surface area contributed by atoms with Crippen LogP contribution in [0.2, 0.25) is 0 Å². The Morgan fingerprint density at radius 1 is 0.939 bits per heavy atom. The highest BCUT2D eigenvalue weighted by Crippen LogP contribution is 2.26. The van der Waals surface area contributed by atoms with Crippen molar-refractivity contribution < 1.29 is 9.59 Å². The molecule has 0 radical (unpaired) electrons. The van der Waals surface area contributed by atoms with E-state index in [4.69, 9.17) is 0 Å². The van der Waals surface area contributed by atoms with Crippen molar-refractivity contribution >= 4 is 23.2 Å². The van der Waals surface area contributed by atoms with E-state index >= 15 is 0 Å². The van der Waals surface area contributed by atoms with Crippen LogP contribution in [-0.4, -0.2) is 41.3 Å². The van der Waals surface area contributed by atoms with Crippen LogP contribution in [0.3, 0.4) is 0 Å². The van der Waals surface area contributed by atoms with Crippen LogP contribution in [0.25, 0.3) is 0 Å². The van der Waals surface area contributed by atoms with Crippen LogP contribution in [0, 0.1) is 0 Å². The Labute approximate surface area is 196 Å². The van der Waals surface area contributed by atoms with Crippen LogP contribution >= 0.6 is 0 Å². The summed E-state index contributed by atoms with van der Waals surface area (Å²) in [5.41, 5.74) is 2.49. The van der Waals surface area contributed by atoms with E-state index in [1.807, 2.05) is 99.6 Å². The number of carbonyl (C=O) groups is 2. The number of hydrogen-bond donors (Lipinski definition) is 1. The Hall–Kier alpha value is -3.67. The standard InChI is InChI=1S/C27H32N4O2/c1-5-27(2,26(33)29-23-13-15-24(16-14-23)30(3)4)31(20-22-12-9-17-28-19-22)25(32)18-21-10-7-6-8-11-21/h6-17,19H,5,18,20H2,1-4H3,(H,29,33). The second kappa shape index (κ2) is 10.8. The Balaban J connectivity index is 1.88. The van der Waals surface area contributed by atoms with Gasteiger partial charge in [-0.2, -0.15) is 0 Å². The van der Waals surface area contributed by atoms with Crippen LogP contribution in [0.5, 0.6) is 0 Å². The molecular weight excluding hydrogens is 412 g/mol. The smallest absolute Gasteiger partial charge is 0.250 e. The largest absolute Gasteiger partial charge is 0.378 e. The lowest BCUT2D eigenvalue weighted by molar-refractivity contribution is -0.145. The van der Waals surface area contributed by atoms with E-state index in [9.17, 15) is 9.59 Å². The molecule has 1 aromatic heterocycles. The van der Waals surface area contributed by atoms with Crippen molar-refractivity contribution in [3.8, 4) is 0 Å². The molecule has 0 saturated heterocycles. The van der Waals surface area contributed by atoms with Gasteiger partial charge in [0, 0.05) is 44.4 Å². The number of rotatable bonds is 9. The van der Waals surface area contributed by atoms with E-state index in [-0.39, 0.29) is 18.2 Å². The predicted octanol–water partition coefficient (Wildman–Crippen LogP) is 4.53. The molecule has 2 amide bonds. The summed E-state index contributed by atoms with van der Waals surface area (Å²) < 4.78 is 0. The van der Waals surface area contributed by atoms with Crippen molar-refractivity contribution in [1.29, 1.82) is 0 Å². The molecule has 33 heavy (non-hydrogen) atoms. The Morgan fingerprint density at radius 2 is 1.61 bits per heavy atom. The van der Waals surface area contributed by atoms with E-state index < -0.39 is 5.54 Å².